The normalized spacial score (nSPS) is 11.0. The molecule has 7 heteroatoms. The molecule has 0 atom stereocenters. The van der Waals surface area contributed by atoms with Crippen LogP contribution in [0, 0.1) is 0 Å². The molecule has 30 heavy (non-hydrogen) atoms. The van der Waals surface area contributed by atoms with Gasteiger partial charge >= 0.3 is 0 Å². The molecular weight excluding hydrogens is 421 g/mol. The molecule has 3 aromatic carbocycles. The average molecular weight is 436 g/mol. The Morgan fingerprint density at radius 2 is 1.77 bits per heavy atom. The van der Waals surface area contributed by atoms with Crippen molar-refractivity contribution in [3.8, 4) is 22.8 Å². The van der Waals surface area contributed by atoms with Gasteiger partial charge in [-0.25, -0.2) is 10.4 Å². The van der Waals surface area contributed by atoms with Crippen molar-refractivity contribution in [1.29, 1.82) is 0 Å². The van der Waals surface area contributed by atoms with Crippen LogP contribution in [0.4, 0.5) is 0 Å². The zero-order chi connectivity index (χ0) is 20.9. The Hall–Kier alpha value is -3.41. The Balaban J connectivity index is 1.55. The molecule has 1 amide bonds. The summed E-state index contributed by atoms with van der Waals surface area (Å²) in [4.78, 5) is 17.0. The maximum absolute atomic E-state index is 12.7. The third-order valence-electron chi connectivity index (χ3n) is 4.30. The number of rotatable bonds is 5. The highest BCUT2D eigenvalue weighted by Crippen LogP contribution is 2.28. The van der Waals surface area contributed by atoms with Crippen molar-refractivity contribution in [1.82, 2.24) is 10.4 Å². The first-order chi connectivity index (χ1) is 14.6. The molecule has 1 N–H and O–H groups in total. The van der Waals surface area contributed by atoms with Gasteiger partial charge in [-0.15, -0.1) is 0 Å². The average Bonchev–Trinajstić information content (AvgIpc) is 3.26. The summed E-state index contributed by atoms with van der Waals surface area (Å²) < 4.78 is 5.89. The number of carbonyl (C=O) groups excluding carboxylic acids is 1. The third kappa shape index (κ3) is 4.43. The fourth-order valence-corrected chi connectivity index (χ4v) is 3.29. The fourth-order valence-electron chi connectivity index (χ4n) is 2.83. The highest BCUT2D eigenvalue weighted by Gasteiger charge is 2.16. The standard InChI is InChI=1S/C23H15Cl2N3O2/c24-17-11-10-16(20(25)12-17)13-27-28-22(29)18-8-4-5-9-19(18)23-26-14-21(30-23)15-6-2-1-3-7-15/h1-14H,(H,28,29). The van der Waals surface area contributed by atoms with E-state index in [-0.39, 0.29) is 0 Å². The lowest BCUT2D eigenvalue weighted by Crippen LogP contribution is -2.18. The van der Waals surface area contributed by atoms with Gasteiger partial charge in [0, 0.05) is 21.7 Å². The van der Waals surface area contributed by atoms with Crippen LogP contribution in [-0.2, 0) is 0 Å². The van der Waals surface area contributed by atoms with Gasteiger partial charge in [-0.05, 0) is 24.3 Å². The minimum absolute atomic E-state index is 0.351. The predicted molar refractivity (Wildman–Crippen MR) is 119 cm³/mol. The van der Waals surface area contributed by atoms with E-state index in [4.69, 9.17) is 27.6 Å². The number of hydrazone groups is 1. The molecule has 148 valence electrons. The van der Waals surface area contributed by atoms with Gasteiger partial charge in [0.15, 0.2) is 5.76 Å². The molecule has 4 rings (SSSR count). The van der Waals surface area contributed by atoms with Crippen LogP contribution in [0.1, 0.15) is 15.9 Å². The number of aromatic nitrogens is 1. The summed E-state index contributed by atoms with van der Waals surface area (Å²) in [6.07, 6.45) is 3.10. The predicted octanol–water partition coefficient (Wildman–Crippen LogP) is 6.08. The molecule has 5 nitrogen and oxygen atoms in total. The van der Waals surface area contributed by atoms with Gasteiger partial charge in [0.1, 0.15) is 0 Å². The van der Waals surface area contributed by atoms with Crippen molar-refractivity contribution in [3.05, 3.63) is 100 Å². The van der Waals surface area contributed by atoms with E-state index in [9.17, 15) is 4.79 Å². The lowest BCUT2D eigenvalue weighted by molar-refractivity contribution is 0.0955. The molecule has 0 aliphatic heterocycles. The van der Waals surface area contributed by atoms with Crippen LogP contribution in [0.25, 0.3) is 22.8 Å². The Morgan fingerprint density at radius 3 is 2.57 bits per heavy atom. The zero-order valence-electron chi connectivity index (χ0n) is 15.5. The largest absolute Gasteiger partial charge is 0.436 e. The number of hydrogen-bond donors (Lipinski definition) is 1. The molecule has 0 radical (unpaired) electrons. The van der Waals surface area contributed by atoms with Crippen LogP contribution in [0.2, 0.25) is 10.0 Å². The molecular formula is C23H15Cl2N3O2. The minimum atomic E-state index is -0.397. The van der Waals surface area contributed by atoms with Gasteiger partial charge in [0.25, 0.3) is 5.91 Å². The number of nitrogens with zero attached hydrogens (tertiary/aromatic N) is 2. The van der Waals surface area contributed by atoms with E-state index >= 15 is 0 Å². The van der Waals surface area contributed by atoms with E-state index in [1.165, 1.54) is 6.21 Å². The number of carbonyl (C=O) groups is 1. The highest BCUT2D eigenvalue weighted by molar-refractivity contribution is 6.36. The summed E-state index contributed by atoms with van der Waals surface area (Å²) >= 11 is 12.0. The molecule has 0 fully saturated rings. The molecule has 0 saturated carbocycles. The summed E-state index contributed by atoms with van der Waals surface area (Å²) in [6.45, 7) is 0. The summed E-state index contributed by atoms with van der Waals surface area (Å²) in [5.74, 6) is 0.576. The Bertz CT molecular complexity index is 1220. The van der Waals surface area contributed by atoms with E-state index in [0.717, 1.165) is 5.56 Å². The second kappa shape index (κ2) is 8.95. The SMILES string of the molecule is O=C(NN=Cc1ccc(Cl)cc1Cl)c1ccccc1-c1ncc(-c2ccccc2)o1. The van der Waals surface area contributed by atoms with Crippen molar-refractivity contribution in [2.75, 3.05) is 0 Å². The first-order valence-electron chi connectivity index (χ1n) is 9.01. The Labute approximate surface area is 183 Å². The first kappa shape index (κ1) is 19.9. The van der Waals surface area contributed by atoms with Gasteiger partial charge in [0.2, 0.25) is 5.89 Å². The molecule has 0 aliphatic rings. The van der Waals surface area contributed by atoms with E-state index in [2.05, 4.69) is 15.5 Å². The molecule has 0 spiro atoms. The second-order valence-electron chi connectivity index (χ2n) is 6.31. The van der Waals surface area contributed by atoms with E-state index < -0.39 is 5.91 Å². The van der Waals surface area contributed by atoms with E-state index in [1.54, 1.807) is 42.6 Å². The van der Waals surface area contributed by atoms with Crippen LogP contribution >= 0.6 is 23.2 Å². The van der Waals surface area contributed by atoms with E-state index in [0.29, 0.717) is 38.4 Å². The fraction of sp³-hybridized carbons (Fsp3) is 0. The van der Waals surface area contributed by atoms with Crippen molar-refractivity contribution in [3.63, 3.8) is 0 Å². The lowest BCUT2D eigenvalue weighted by Gasteiger charge is -2.05. The lowest BCUT2D eigenvalue weighted by atomic mass is 10.1. The maximum atomic E-state index is 12.7. The number of halogens is 2. The monoisotopic (exact) mass is 435 g/mol. The number of benzene rings is 3. The van der Waals surface area contributed by atoms with Gasteiger partial charge in [-0.2, -0.15) is 5.10 Å². The molecule has 0 unspecified atom stereocenters. The van der Waals surface area contributed by atoms with Gasteiger partial charge in [-0.1, -0.05) is 71.7 Å². The number of nitrogens with one attached hydrogen (secondary N) is 1. The van der Waals surface area contributed by atoms with Crippen LogP contribution in [0.15, 0.2) is 88.5 Å². The molecule has 0 saturated heterocycles. The number of oxazole rings is 1. The van der Waals surface area contributed by atoms with Crippen LogP contribution < -0.4 is 5.43 Å². The van der Waals surface area contributed by atoms with Crippen molar-refractivity contribution in [2.24, 2.45) is 5.10 Å². The Kier molecular flexibility index (Phi) is 5.93. The third-order valence-corrected chi connectivity index (χ3v) is 4.86. The molecule has 1 heterocycles. The summed E-state index contributed by atoms with van der Waals surface area (Å²) in [5.41, 5.74) is 5.00. The van der Waals surface area contributed by atoms with Gasteiger partial charge in [0.05, 0.1) is 23.0 Å². The summed E-state index contributed by atoms with van der Waals surface area (Å²) in [6, 6.07) is 21.7. The van der Waals surface area contributed by atoms with Gasteiger partial charge in [-0.3, -0.25) is 4.79 Å². The van der Waals surface area contributed by atoms with Gasteiger partial charge < -0.3 is 4.42 Å². The number of hydrogen-bond acceptors (Lipinski definition) is 4. The van der Waals surface area contributed by atoms with Crippen molar-refractivity contribution >= 4 is 35.3 Å². The van der Waals surface area contributed by atoms with E-state index in [1.807, 2.05) is 36.4 Å². The quantitative estimate of drug-likeness (QED) is 0.305. The van der Waals surface area contributed by atoms with Crippen LogP contribution in [0.3, 0.4) is 0 Å². The molecule has 1 aromatic heterocycles. The summed E-state index contributed by atoms with van der Waals surface area (Å²) in [5, 5.41) is 4.96. The topological polar surface area (TPSA) is 67.5 Å². The maximum Gasteiger partial charge on any atom is 0.272 e. The van der Waals surface area contributed by atoms with Crippen molar-refractivity contribution < 1.29 is 9.21 Å². The van der Waals surface area contributed by atoms with Crippen molar-refractivity contribution in [2.45, 2.75) is 0 Å². The Morgan fingerprint density at radius 1 is 1.00 bits per heavy atom. The summed E-state index contributed by atoms with van der Waals surface area (Å²) in [7, 11) is 0. The molecule has 4 aromatic rings. The second-order valence-corrected chi connectivity index (χ2v) is 7.15. The smallest absolute Gasteiger partial charge is 0.272 e. The zero-order valence-corrected chi connectivity index (χ0v) is 17.1. The highest BCUT2D eigenvalue weighted by atomic mass is 35.5. The van der Waals surface area contributed by atoms with Crippen LogP contribution in [-0.4, -0.2) is 17.1 Å². The molecule has 0 bridgehead atoms. The number of amides is 1. The first-order valence-corrected chi connectivity index (χ1v) is 9.76. The van der Waals surface area contributed by atoms with Crippen LogP contribution in [0.5, 0.6) is 0 Å². The minimum Gasteiger partial charge on any atom is -0.436 e. The molecule has 0 aliphatic carbocycles.